The van der Waals surface area contributed by atoms with Crippen LogP contribution in [-0.4, -0.2) is 21.7 Å². The Morgan fingerprint density at radius 3 is 2.47 bits per heavy atom. The predicted molar refractivity (Wildman–Crippen MR) is 72.8 cm³/mol. The zero-order valence-corrected chi connectivity index (χ0v) is 10.6. The molecule has 17 heavy (non-hydrogen) atoms. The van der Waals surface area contributed by atoms with Crippen LogP contribution in [0.4, 0.5) is 0 Å². The summed E-state index contributed by atoms with van der Waals surface area (Å²) < 4.78 is 0. The van der Waals surface area contributed by atoms with Crippen LogP contribution in [0, 0.1) is 0 Å². The van der Waals surface area contributed by atoms with Crippen molar-refractivity contribution in [3.63, 3.8) is 0 Å². The lowest BCUT2D eigenvalue weighted by Crippen LogP contribution is -2.27. The Morgan fingerprint density at radius 2 is 2.00 bits per heavy atom. The first-order valence-electron chi connectivity index (χ1n) is 4.62. The van der Waals surface area contributed by atoms with E-state index in [4.69, 9.17) is 22.5 Å². The Labute approximate surface area is 109 Å². The molecular weight excluding hydrogens is 260 g/mol. The number of oxime groups is 1. The number of benzene rings is 1. The Morgan fingerprint density at radius 1 is 1.41 bits per heavy atom. The van der Waals surface area contributed by atoms with Gasteiger partial charge in [-0.25, -0.2) is 0 Å². The topological polar surface area (TPSA) is 83.0 Å². The van der Waals surface area contributed by atoms with Gasteiger partial charge in [-0.05, 0) is 31.3 Å². The van der Waals surface area contributed by atoms with Crippen molar-refractivity contribution in [3.05, 3.63) is 34.9 Å². The van der Waals surface area contributed by atoms with Crippen LogP contribution in [0.2, 0.25) is 5.02 Å². The summed E-state index contributed by atoms with van der Waals surface area (Å²) in [5.74, 6) is 0. The van der Waals surface area contributed by atoms with Gasteiger partial charge in [-0.1, -0.05) is 28.9 Å². The van der Waals surface area contributed by atoms with E-state index < -0.39 is 0 Å². The van der Waals surface area contributed by atoms with Gasteiger partial charge in [0.2, 0.25) is 0 Å². The van der Waals surface area contributed by atoms with Gasteiger partial charge < -0.3 is 10.9 Å². The average molecular weight is 271 g/mol. The summed E-state index contributed by atoms with van der Waals surface area (Å²) >= 11 is 10.4. The third-order valence-electron chi connectivity index (χ3n) is 1.89. The summed E-state index contributed by atoms with van der Waals surface area (Å²) in [4.78, 5) is 0. The van der Waals surface area contributed by atoms with Crippen molar-refractivity contribution in [2.45, 2.75) is 6.92 Å². The molecule has 0 fully saturated rings. The molecule has 0 bridgehead atoms. The lowest BCUT2D eigenvalue weighted by atomic mass is 10.1. The highest BCUT2D eigenvalue weighted by Crippen LogP contribution is 2.11. The molecule has 0 aromatic heterocycles. The van der Waals surface area contributed by atoms with Crippen LogP contribution in [0.1, 0.15) is 12.5 Å². The lowest BCUT2D eigenvalue weighted by molar-refractivity contribution is 0.320. The molecule has 0 saturated heterocycles. The summed E-state index contributed by atoms with van der Waals surface area (Å²) in [7, 11) is 0. The molecule has 90 valence electrons. The summed E-state index contributed by atoms with van der Waals surface area (Å²) in [6.45, 7) is 1.61. The standard InChI is InChI=1S/C10H11ClN4OS/c1-6(15-16)9(13-14-10(12)17)7-2-4-8(11)5-3-7/h2-5,16H,1H3,(H3,12,14,17). The minimum absolute atomic E-state index is 0.0298. The van der Waals surface area contributed by atoms with E-state index in [9.17, 15) is 0 Å². The van der Waals surface area contributed by atoms with Crippen LogP contribution >= 0.6 is 23.8 Å². The van der Waals surface area contributed by atoms with Crippen molar-refractivity contribution in [2.75, 3.05) is 0 Å². The zero-order chi connectivity index (χ0) is 12.8. The fourth-order valence-electron chi connectivity index (χ4n) is 1.12. The molecule has 0 aliphatic heterocycles. The van der Waals surface area contributed by atoms with Crippen LogP contribution in [0.15, 0.2) is 34.5 Å². The van der Waals surface area contributed by atoms with E-state index in [1.54, 1.807) is 31.2 Å². The van der Waals surface area contributed by atoms with Crippen molar-refractivity contribution in [1.82, 2.24) is 5.43 Å². The summed E-state index contributed by atoms with van der Waals surface area (Å²) in [6, 6.07) is 6.91. The van der Waals surface area contributed by atoms with Gasteiger partial charge in [0.1, 0.15) is 11.4 Å². The summed E-state index contributed by atoms with van der Waals surface area (Å²) in [6.07, 6.45) is 0. The predicted octanol–water partition coefficient (Wildman–Crippen LogP) is 1.73. The number of thiocarbonyl (C=S) groups is 1. The van der Waals surface area contributed by atoms with Gasteiger partial charge in [-0.3, -0.25) is 5.43 Å². The molecule has 0 spiro atoms. The fourth-order valence-corrected chi connectivity index (χ4v) is 1.29. The Hall–Kier alpha value is -1.66. The van der Waals surface area contributed by atoms with E-state index in [0.717, 1.165) is 5.56 Å². The van der Waals surface area contributed by atoms with Crippen LogP contribution in [0.25, 0.3) is 0 Å². The zero-order valence-electron chi connectivity index (χ0n) is 9.01. The molecule has 5 nitrogen and oxygen atoms in total. The van der Waals surface area contributed by atoms with Gasteiger partial charge >= 0.3 is 0 Å². The van der Waals surface area contributed by atoms with E-state index in [2.05, 4.69) is 27.9 Å². The van der Waals surface area contributed by atoms with E-state index in [-0.39, 0.29) is 5.11 Å². The molecule has 0 radical (unpaired) electrons. The second-order valence-corrected chi connectivity index (χ2v) is 4.01. The molecule has 1 aromatic carbocycles. The van der Waals surface area contributed by atoms with Gasteiger partial charge in [0.05, 0.1) is 0 Å². The first-order chi connectivity index (χ1) is 8.04. The highest BCUT2D eigenvalue weighted by atomic mass is 35.5. The maximum absolute atomic E-state index is 8.78. The highest BCUT2D eigenvalue weighted by Gasteiger charge is 2.08. The van der Waals surface area contributed by atoms with Crippen LogP contribution in [0.3, 0.4) is 0 Å². The number of hydrazone groups is 1. The first kappa shape index (κ1) is 13.4. The van der Waals surface area contributed by atoms with Gasteiger partial charge in [-0.2, -0.15) is 5.10 Å². The molecule has 1 aromatic rings. The molecule has 0 heterocycles. The van der Waals surface area contributed by atoms with Crippen molar-refractivity contribution in [3.8, 4) is 0 Å². The number of nitrogens with two attached hydrogens (primary N) is 1. The molecule has 1 rings (SSSR count). The minimum atomic E-state index is 0.0298. The van der Waals surface area contributed by atoms with Crippen molar-refractivity contribution < 1.29 is 5.21 Å². The fraction of sp³-hybridized carbons (Fsp3) is 0.100. The van der Waals surface area contributed by atoms with Gasteiger partial charge in [0.15, 0.2) is 5.11 Å². The summed E-state index contributed by atoms with van der Waals surface area (Å²) in [5, 5.41) is 16.5. The molecule has 0 amide bonds. The second kappa shape index (κ2) is 6.17. The third-order valence-corrected chi connectivity index (χ3v) is 2.23. The first-order valence-corrected chi connectivity index (χ1v) is 5.41. The Bertz CT molecular complexity index is 470. The van der Waals surface area contributed by atoms with Crippen LogP contribution < -0.4 is 11.2 Å². The van der Waals surface area contributed by atoms with E-state index in [1.807, 2.05) is 0 Å². The average Bonchev–Trinajstić information content (AvgIpc) is 2.30. The van der Waals surface area contributed by atoms with E-state index in [1.165, 1.54) is 0 Å². The SMILES string of the molecule is CC(=NO)C(=NNC(N)=S)c1ccc(Cl)cc1. The number of halogens is 1. The normalized spacial score (nSPS) is 12.4. The molecule has 0 aliphatic rings. The minimum Gasteiger partial charge on any atom is -0.411 e. The number of nitrogens with one attached hydrogen (secondary N) is 1. The Balaban J connectivity index is 3.10. The maximum atomic E-state index is 8.78. The third kappa shape index (κ3) is 4.01. The quantitative estimate of drug-likeness (QED) is 0.338. The molecule has 0 saturated carbocycles. The molecule has 0 unspecified atom stereocenters. The van der Waals surface area contributed by atoms with Crippen molar-refractivity contribution in [1.29, 1.82) is 0 Å². The van der Waals surface area contributed by atoms with Gasteiger partial charge in [-0.15, -0.1) is 0 Å². The Kier molecular flexibility index (Phi) is 4.86. The van der Waals surface area contributed by atoms with Gasteiger partial charge in [0, 0.05) is 10.6 Å². The number of hydrogen-bond donors (Lipinski definition) is 3. The molecule has 7 heteroatoms. The maximum Gasteiger partial charge on any atom is 0.184 e. The molecule has 0 aliphatic carbocycles. The monoisotopic (exact) mass is 270 g/mol. The van der Waals surface area contributed by atoms with E-state index in [0.29, 0.717) is 16.4 Å². The lowest BCUT2D eigenvalue weighted by Gasteiger charge is -2.05. The molecular formula is C10H11ClN4OS. The smallest absolute Gasteiger partial charge is 0.184 e. The number of hydrogen-bond acceptors (Lipinski definition) is 4. The van der Waals surface area contributed by atoms with Gasteiger partial charge in [0.25, 0.3) is 0 Å². The van der Waals surface area contributed by atoms with Crippen molar-refractivity contribution in [2.24, 2.45) is 16.0 Å². The molecule has 4 N–H and O–H groups in total. The summed E-state index contributed by atoms with van der Waals surface area (Å²) in [5.41, 5.74) is 9.21. The second-order valence-electron chi connectivity index (χ2n) is 3.13. The van der Waals surface area contributed by atoms with Crippen LogP contribution in [-0.2, 0) is 0 Å². The van der Waals surface area contributed by atoms with Crippen LogP contribution in [0.5, 0.6) is 0 Å². The van der Waals surface area contributed by atoms with E-state index >= 15 is 0 Å². The highest BCUT2D eigenvalue weighted by molar-refractivity contribution is 7.80. The number of nitrogens with zero attached hydrogens (tertiary/aromatic N) is 2. The number of rotatable bonds is 3. The largest absolute Gasteiger partial charge is 0.411 e. The van der Waals surface area contributed by atoms with Crippen molar-refractivity contribution >= 4 is 40.4 Å². The molecule has 0 atom stereocenters.